The van der Waals surface area contributed by atoms with Crippen LogP contribution in [-0.2, 0) is 9.59 Å². The lowest BCUT2D eigenvalue weighted by Crippen LogP contribution is -2.07. The Morgan fingerprint density at radius 3 is 1.98 bits per heavy atom. The Bertz CT molecular complexity index is 2130. The van der Waals surface area contributed by atoms with Gasteiger partial charge < -0.3 is 14.4 Å². The van der Waals surface area contributed by atoms with Crippen molar-refractivity contribution < 1.29 is 19.1 Å². The average molecular weight is 621 g/mol. The summed E-state index contributed by atoms with van der Waals surface area (Å²) in [7, 11) is 0. The summed E-state index contributed by atoms with van der Waals surface area (Å²) >= 11 is 1.66. The third kappa shape index (κ3) is 5.82. The first-order chi connectivity index (χ1) is 22.7. The number of aromatic nitrogens is 3. The Morgan fingerprint density at radius 2 is 1.26 bits per heavy atom. The Kier molecular flexibility index (Phi) is 7.96. The maximum atomic E-state index is 11.4. The Balaban J connectivity index is 1.28. The van der Waals surface area contributed by atoms with Gasteiger partial charge in [-0.1, -0.05) is 48.5 Å². The van der Waals surface area contributed by atoms with Crippen molar-refractivity contribution in [2.24, 2.45) is 0 Å². The van der Waals surface area contributed by atoms with E-state index in [-0.39, 0.29) is 5.75 Å². The molecule has 0 saturated heterocycles. The number of ether oxygens (including phenoxy) is 2. The van der Waals surface area contributed by atoms with Crippen LogP contribution in [0, 0.1) is 0 Å². The minimum absolute atomic E-state index is 0.273. The predicted octanol–water partition coefficient (Wildman–Crippen LogP) is 8.63. The zero-order valence-electron chi connectivity index (χ0n) is 24.2. The minimum Gasteiger partial charge on any atom is -0.429 e. The number of nitrogens with zero attached hydrogens (tertiary/aromatic N) is 4. The van der Waals surface area contributed by atoms with Crippen molar-refractivity contribution in [3.8, 4) is 44.7 Å². The van der Waals surface area contributed by atoms with Crippen molar-refractivity contribution in [1.82, 2.24) is 15.0 Å². The molecular formula is C37H24N4O4S. The smallest absolute Gasteiger partial charge is 0.298 e. The molecule has 0 aliphatic carbocycles. The monoisotopic (exact) mass is 620 g/mol. The number of carbonyl (C=O) groups is 2. The van der Waals surface area contributed by atoms with E-state index in [9.17, 15) is 9.59 Å². The Hall–Kier alpha value is -6.19. The second-order valence-electron chi connectivity index (χ2n) is 10.1. The van der Waals surface area contributed by atoms with Crippen LogP contribution in [0.3, 0.4) is 0 Å². The van der Waals surface area contributed by atoms with Crippen molar-refractivity contribution in [3.63, 3.8) is 0 Å². The highest BCUT2D eigenvalue weighted by atomic mass is 32.1. The fraction of sp³-hybridized carbons (Fsp3) is 0. The molecular weight excluding hydrogens is 596 g/mol. The number of fused-ring (bicyclic) bond motifs is 1. The van der Waals surface area contributed by atoms with E-state index < -0.39 is 0 Å². The highest BCUT2D eigenvalue weighted by Gasteiger charge is 2.17. The molecule has 7 aromatic rings. The molecule has 0 radical (unpaired) electrons. The zero-order valence-corrected chi connectivity index (χ0v) is 25.0. The maximum Gasteiger partial charge on any atom is 0.298 e. The van der Waals surface area contributed by atoms with Crippen LogP contribution in [0.5, 0.6) is 11.5 Å². The van der Waals surface area contributed by atoms with Crippen LogP contribution < -0.4 is 14.4 Å². The number of anilines is 3. The quantitative estimate of drug-likeness (QED) is 0.140. The van der Waals surface area contributed by atoms with Crippen LogP contribution in [0.15, 0.2) is 134 Å². The number of pyridine rings is 3. The molecule has 46 heavy (non-hydrogen) atoms. The topological polar surface area (TPSA) is 94.5 Å². The lowest BCUT2D eigenvalue weighted by molar-refractivity contribution is -0.121. The van der Waals surface area contributed by atoms with E-state index in [0.717, 1.165) is 26.8 Å². The van der Waals surface area contributed by atoms with Crippen molar-refractivity contribution in [1.29, 1.82) is 0 Å². The van der Waals surface area contributed by atoms with Crippen molar-refractivity contribution in [3.05, 3.63) is 134 Å². The fourth-order valence-corrected chi connectivity index (χ4v) is 6.24. The number of thiophene rings is 1. The number of para-hydroxylation sites is 3. The van der Waals surface area contributed by atoms with Gasteiger partial charge in [0.15, 0.2) is 0 Å². The summed E-state index contributed by atoms with van der Waals surface area (Å²) in [6, 6.07) is 40.8. The summed E-state index contributed by atoms with van der Waals surface area (Å²) in [4.78, 5) is 40.0. The van der Waals surface area contributed by atoms with Gasteiger partial charge in [0, 0.05) is 46.0 Å². The highest BCUT2D eigenvalue weighted by molar-refractivity contribution is 7.19. The number of rotatable bonds is 10. The summed E-state index contributed by atoms with van der Waals surface area (Å²) in [5.41, 5.74) is 5.62. The summed E-state index contributed by atoms with van der Waals surface area (Å²) in [6.45, 7) is 0.737. The highest BCUT2D eigenvalue weighted by Crippen LogP contribution is 2.42. The van der Waals surface area contributed by atoms with Gasteiger partial charge in [-0.15, -0.1) is 11.3 Å². The van der Waals surface area contributed by atoms with Crippen molar-refractivity contribution >= 4 is 51.6 Å². The molecule has 0 N–H and O–H groups in total. The van der Waals surface area contributed by atoms with E-state index in [1.807, 2.05) is 72.8 Å². The van der Waals surface area contributed by atoms with Crippen LogP contribution in [0.1, 0.15) is 0 Å². The number of carbonyl (C=O) groups excluding carboxylic acids is 2. The molecule has 0 unspecified atom stereocenters. The van der Waals surface area contributed by atoms with Gasteiger partial charge >= 0.3 is 0 Å². The molecule has 0 amide bonds. The Morgan fingerprint density at radius 1 is 0.609 bits per heavy atom. The van der Waals surface area contributed by atoms with E-state index in [0.29, 0.717) is 52.4 Å². The van der Waals surface area contributed by atoms with Gasteiger partial charge in [-0.05, 0) is 66.2 Å². The molecule has 7 rings (SSSR count). The van der Waals surface area contributed by atoms with Crippen LogP contribution in [-0.4, -0.2) is 27.9 Å². The van der Waals surface area contributed by atoms with Crippen LogP contribution in [0.4, 0.5) is 16.4 Å². The maximum absolute atomic E-state index is 11.4. The molecule has 222 valence electrons. The van der Waals surface area contributed by atoms with E-state index >= 15 is 0 Å². The molecule has 0 aliphatic rings. The molecule has 9 heteroatoms. The normalized spacial score (nSPS) is 10.8. The molecule has 0 aliphatic heterocycles. The molecule has 4 heterocycles. The second-order valence-corrected chi connectivity index (χ2v) is 11.2. The van der Waals surface area contributed by atoms with Gasteiger partial charge in [-0.25, -0.2) is 9.97 Å². The predicted molar refractivity (Wildman–Crippen MR) is 180 cm³/mol. The second kappa shape index (κ2) is 12.8. The van der Waals surface area contributed by atoms with Crippen molar-refractivity contribution in [2.45, 2.75) is 0 Å². The summed E-state index contributed by atoms with van der Waals surface area (Å²) in [6.07, 6.45) is 1.73. The number of benzene rings is 3. The molecule has 0 fully saturated rings. The largest absolute Gasteiger partial charge is 0.429 e. The van der Waals surface area contributed by atoms with Gasteiger partial charge in [0.25, 0.3) is 12.9 Å². The van der Waals surface area contributed by atoms with Gasteiger partial charge in [-0.2, -0.15) is 0 Å². The van der Waals surface area contributed by atoms with Gasteiger partial charge in [0.05, 0.1) is 28.3 Å². The summed E-state index contributed by atoms with van der Waals surface area (Å²) in [5.74, 6) is 0.615. The van der Waals surface area contributed by atoms with Gasteiger partial charge in [0.2, 0.25) is 0 Å². The van der Waals surface area contributed by atoms with E-state index in [4.69, 9.17) is 19.4 Å². The fourth-order valence-electron chi connectivity index (χ4n) is 5.20. The van der Waals surface area contributed by atoms with Crippen LogP contribution in [0.25, 0.3) is 44.1 Å². The third-order valence-corrected chi connectivity index (χ3v) is 8.37. The molecule has 0 saturated carbocycles. The lowest BCUT2D eigenvalue weighted by atomic mass is 10.1. The zero-order chi connectivity index (χ0) is 31.3. The SMILES string of the molecule is O=COc1cc(-c2cc(-c3ccc(N(c4ccccc4)c4ccccc4)s3)ccn2)nc(-c2cc(OC=O)c3ccccc3n2)c1. The average Bonchev–Trinajstić information content (AvgIpc) is 3.59. The van der Waals surface area contributed by atoms with Gasteiger partial charge in [-0.3, -0.25) is 14.6 Å². The lowest BCUT2D eigenvalue weighted by Gasteiger charge is -2.23. The first-order valence-corrected chi connectivity index (χ1v) is 15.1. The molecule has 0 atom stereocenters. The van der Waals surface area contributed by atoms with E-state index in [1.165, 1.54) is 0 Å². The van der Waals surface area contributed by atoms with E-state index in [2.05, 4.69) is 46.3 Å². The van der Waals surface area contributed by atoms with Crippen molar-refractivity contribution in [2.75, 3.05) is 4.90 Å². The van der Waals surface area contributed by atoms with Crippen LogP contribution >= 0.6 is 11.3 Å². The Labute approximate surface area is 268 Å². The summed E-state index contributed by atoms with van der Waals surface area (Å²) in [5, 5.41) is 1.74. The first kappa shape index (κ1) is 28.6. The standard InChI is InChI=1S/C37H24N4O4S/c42-23-44-28-20-32(40-33(21-28)34-22-35(45-24-43)29-13-7-8-14-30(29)39-34)31-19-25(17-18-38-31)36-15-16-37(46-36)41(26-9-3-1-4-10-26)27-11-5-2-6-12-27/h1-24H. The summed E-state index contributed by atoms with van der Waals surface area (Å²) < 4.78 is 10.5. The third-order valence-electron chi connectivity index (χ3n) is 7.25. The molecule has 0 spiro atoms. The van der Waals surface area contributed by atoms with Crippen LogP contribution in [0.2, 0.25) is 0 Å². The van der Waals surface area contributed by atoms with Gasteiger partial charge in [0.1, 0.15) is 16.5 Å². The molecule has 3 aromatic carbocycles. The minimum atomic E-state index is 0.273. The number of hydrogen-bond acceptors (Lipinski definition) is 9. The first-order valence-electron chi connectivity index (χ1n) is 14.3. The van der Waals surface area contributed by atoms with E-state index in [1.54, 1.807) is 35.7 Å². The molecule has 0 bridgehead atoms. The molecule has 4 aromatic heterocycles. The molecule has 8 nitrogen and oxygen atoms in total. The number of hydrogen-bond donors (Lipinski definition) is 0.